The first-order chi connectivity index (χ1) is 13.6. The Morgan fingerprint density at radius 3 is 2.66 bits per heavy atom. The van der Waals surface area contributed by atoms with Gasteiger partial charge in [0.25, 0.3) is 0 Å². The predicted molar refractivity (Wildman–Crippen MR) is 104 cm³/mol. The highest BCUT2D eigenvalue weighted by Gasteiger charge is 2.33. The molecule has 1 amide bonds. The number of carbonyl (C=O) groups is 1. The van der Waals surface area contributed by atoms with Gasteiger partial charge < -0.3 is 14.3 Å². The Kier molecular flexibility index (Phi) is 5.95. The SMILES string of the molecule is Cc1occc1-c1nnc(SC(C)C(=O)Nc2ccc(Cl)c(C(F)(F)F)c2)n1C. The fraction of sp³-hybridized carbons (Fsp3) is 0.278. The maximum atomic E-state index is 13.0. The molecule has 0 aliphatic heterocycles. The molecule has 0 saturated carbocycles. The second kappa shape index (κ2) is 8.11. The van der Waals surface area contributed by atoms with Gasteiger partial charge in [0.2, 0.25) is 5.91 Å². The predicted octanol–water partition coefficient (Wildman–Crippen LogP) is 5.18. The molecule has 2 aromatic heterocycles. The van der Waals surface area contributed by atoms with Gasteiger partial charge in [-0.2, -0.15) is 13.2 Å². The van der Waals surface area contributed by atoms with Gasteiger partial charge in [0.1, 0.15) is 5.76 Å². The minimum Gasteiger partial charge on any atom is -0.469 e. The van der Waals surface area contributed by atoms with Crippen molar-refractivity contribution < 1.29 is 22.4 Å². The lowest BCUT2D eigenvalue weighted by Gasteiger charge is -2.14. The first-order valence-corrected chi connectivity index (χ1v) is 9.62. The minimum absolute atomic E-state index is 0.00634. The first kappa shape index (κ1) is 21.3. The van der Waals surface area contributed by atoms with Crippen molar-refractivity contribution in [3.05, 3.63) is 46.9 Å². The molecule has 11 heteroatoms. The lowest BCUT2D eigenvalue weighted by atomic mass is 10.2. The third-order valence-corrected chi connectivity index (χ3v) is 5.59. The molecule has 29 heavy (non-hydrogen) atoms. The van der Waals surface area contributed by atoms with E-state index in [1.165, 1.54) is 6.07 Å². The van der Waals surface area contributed by atoms with Gasteiger partial charge in [-0.15, -0.1) is 10.2 Å². The number of rotatable bonds is 5. The fourth-order valence-electron chi connectivity index (χ4n) is 2.54. The monoisotopic (exact) mass is 444 g/mol. The zero-order valence-corrected chi connectivity index (χ0v) is 17.1. The number of nitrogens with zero attached hydrogens (tertiary/aromatic N) is 3. The van der Waals surface area contributed by atoms with E-state index in [9.17, 15) is 18.0 Å². The van der Waals surface area contributed by atoms with E-state index in [0.29, 0.717) is 16.7 Å². The molecule has 1 unspecified atom stereocenters. The van der Waals surface area contributed by atoms with Crippen LogP contribution in [0.3, 0.4) is 0 Å². The standard InChI is InChI=1S/C18H16ClF3N4O2S/c1-9-12(6-7-28-9)15-24-25-17(26(15)3)29-10(2)16(27)23-11-4-5-14(19)13(8-11)18(20,21)22/h4-8,10H,1-3H3,(H,23,27). The van der Waals surface area contributed by atoms with E-state index in [1.54, 1.807) is 37.8 Å². The van der Waals surface area contributed by atoms with Crippen LogP contribution in [0.5, 0.6) is 0 Å². The zero-order valence-electron chi connectivity index (χ0n) is 15.5. The highest BCUT2D eigenvalue weighted by atomic mass is 35.5. The molecule has 154 valence electrons. The average molecular weight is 445 g/mol. The number of hydrogen-bond donors (Lipinski definition) is 1. The van der Waals surface area contributed by atoms with Crippen LogP contribution < -0.4 is 5.32 Å². The number of nitrogens with one attached hydrogen (secondary N) is 1. The lowest BCUT2D eigenvalue weighted by molar-refractivity contribution is -0.137. The third kappa shape index (κ3) is 4.59. The normalized spacial score (nSPS) is 12.8. The average Bonchev–Trinajstić information content (AvgIpc) is 3.21. The molecular weight excluding hydrogens is 429 g/mol. The summed E-state index contributed by atoms with van der Waals surface area (Å²) in [6.07, 6.45) is -3.07. The van der Waals surface area contributed by atoms with E-state index < -0.39 is 27.9 Å². The Bertz CT molecular complexity index is 1050. The summed E-state index contributed by atoms with van der Waals surface area (Å²) in [6, 6.07) is 4.98. The van der Waals surface area contributed by atoms with E-state index in [-0.39, 0.29) is 5.69 Å². The van der Waals surface area contributed by atoms with Gasteiger partial charge in [-0.3, -0.25) is 4.79 Å². The van der Waals surface area contributed by atoms with Crippen molar-refractivity contribution in [3.8, 4) is 11.4 Å². The van der Waals surface area contributed by atoms with Crippen molar-refractivity contribution in [2.24, 2.45) is 7.05 Å². The van der Waals surface area contributed by atoms with Crippen LogP contribution >= 0.6 is 23.4 Å². The number of benzene rings is 1. The smallest absolute Gasteiger partial charge is 0.417 e. The molecule has 3 rings (SSSR count). The molecule has 0 spiro atoms. The molecule has 0 aliphatic rings. The largest absolute Gasteiger partial charge is 0.469 e. The summed E-state index contributed by atoms with van der Waals surface area (Å²) in [6.45, 7) is 3.42. The highest BCUT2D eigenvalue weighted by molar-refractivity contribution is 8.00. The van der Waals surface area contributed by atoms with Crippen LogP contribution in [-0.2, 0) is 18.0 Å². The molecule has 6 nitrogen and oxygen atoms in total. The van der Waals surface area contributed by atoms with Crippen LogP contribution in [0.4, 0.5) is 18.9 Å². The minimum atomic E-state index is -4.61. The van der Waals surface area contributed by atoms with E-state index in [0.717, 1.165) is 29.5 Å². The summed E-state index contributed by atoms with van der Waals surface area (Å²) in [5, 5.41) is 10.1. The number of aromatic nitrogens is 3. The molecule has 0 radical (unpaired) electrons. The quantitative estimate of drug-likeness (QED) is 0.549. The van der Waals surface area contributed by atoms with Crippen LogP contribution in [0.1, 0.15) is 18.2 Å². The molecule has 1 N–H and O–H groups in total. The summed E-state index contributed by atoms with van der Waals surface area (Å²) in [5.41, 5.74) is -0.220. The Hall–Kier alpha value is -2.46. The number of aryl methyl sites for hydroxylation is 1. The lowest BCUT2D eigenvalue weighted by Crippen LogP contribution is -2.23. The Balaban J connectivity index is 1.72. The van der Waals surface area contributed by atoms with E-state index in [2.05, 4.69) is 15.5 Å². The maximum Gasteiger partial charge on any atom is 0.417 e. The van der Waals surface area contributed by atoms with Gasteiger partial charge in [-0.05, 0) is 38.1 Å². The van der Waals surface area contributed by atoms with E-state index in [1.807, 2.05) is 0 Å². The van der Waals surface area contributed by atoms with Crippen molar-refractivity contribution in [2.45, 2.75) is 30.4 Å². The van der Waals surface area contributed by atoms with Gasteiger partial charge in [0, 0.05) is 12.7 Å². The number of alkyl halides is 3. The number of halogens is 4. The van der Waals surface area contributed by atoms with Crippen LogP contribution in [-0.4, -0.2) is 25.9 Å². The molecular formula is C18H16ClF3N4O2S. The molecule has 0 fully saturated rings. The summed E-state index contributed by atoms with van der Waals surface area (Å²) in [7, 11) is 1.75. The number of thioether (sulfide) groups is 1. The molecule has 0 saturated heterocycles. The molecule has 3 aromatic rings. The Morgan fingerprint density at radius 2 is 2.03 bits per heavy atom. The van der Waals surface area contributed by atoms with E-state index in [4.69, 9.17) is 16.0 Å². The molecule has 1 atom stereocenters. The highest BCUT2D eigenvalue weighted by Crippen LogP contribution is 2.36. The first-order valence-electron chi connectivity index (χ1n) is 8.36. The van der Waals surface area contributed by atoms with Gasteiger partial charge in [0.15, 0.2) is 11.0 Å². The maximum absolute atomic E-state index is 13.0. The van der Waals surface area contributed by atoms with Crippen molar-refractivity contribution in [1.29, 1.82) is 0 Å². The summed E-state index contributed by atoms with van der Waals surface area (Å²) in [5.74, 6) is 0.791. The van der Waals surface area contributed by atoms with Crippen LogP contribution in [0.2, 0.25) is 5.02 Å². The van der Waals surface area contributed by atoms with E-state index >= 15 is 0 Å². The fourth-order valence-corrected chi connectivity index (χ4v) is 3.58. The molecule has 1 aromatic carbocycles. The van der Waals surface area contributed by atoms with Crippen molar-refractivity contribution in [2.75, 3.05) is 5.32 Å². The second-order valence-corrected chi connectivity index (χ2v) is 7.91. The van der Waals surface area contributed by atoms with Crippen LogP contribution in [0.25, 0.3) is 11.4 Å². The van der Waals surface area contributed by atoms with Crippen LogP contribution in [0.15, 0.2) is 40.1 Å². The number of carbonyl (C=O) groups excluding carboxylic acids is 1. The summed E-state index contributed by atoms with van der Waals surface area (Å²) in [4.78, 5) is 12.4. The van der Waals surface area contributed by atoms with Gasteiger partial charge in [-0.1, -0.05) is 23.4 Å². The summed E-state index contributed by atoms with van der Waals surface area (Å²) < 4.78 is 45.9. The molecule has 0 aliphatic carbocycles. The number of hydrogen-bond acceptors (Lipinski definition) is 5. The number of furan rings is 1. The number of anilines is 1. The topological polar surface area (TPSA) is 72.9 Å². The van der Waals surface area contributed by atoms with Crippen LogP contribution in [0, 0.1) is 6.92 Å². The van der Waals surface area contributed by atoms with Gasteiger partial charge in [-0.25, -0.2) is 0 Å². The van der Waals surface area contributed by atoms with Crippen molar-refractivity contribution in [3.63, 3.8) is 0 Å². The number of amides is 1. The third-order valence-electron chi connectivity index (χ3n) is 4.13. The Labute approximate surface area is 173 Å². The zero-order chi connectivity index (χ0) is 21.3. The summed E-state index contributed by atoms with van der Waals surface area (Å²) >= 11 is 6.73. The molecule has 2 heterocycles. The van der Waals surface area contributed by atoms with Gasteiger partial charge >= 0.3 is 6.18 Å². The van der Waals surface area contributed by atoms with Crippen molar-refractivity contribution >= 4 is 35.0 Å². The Morgan fingerprint density at radius 1 is 1.31 bits per heavy atom. The molecule has 0 bridgehead atoms. The second-order valence-electron chi connectivity index (χ2n) is 6.20. The van der Waals surface area contributed by atoms with Crippen molar-refractivity contribution in [1.82, 2.24) is 14.8 Å². The van der Waals surface area contributed by atoms with Gasteiger partial charge in [0.05, 0.1) is 27.7 Å².